The van der Waals surface area contributed by atoms with Crippen LogP contribution in [0.1, 0.15) is 6.92 Å². The van der Waals surface area contributed by atoms with Crippen molar-refractivity contribution in [1.29, 1.82) is 0 Å². The Hall–Kier alpha value is -0.880. The second kappa shape index (κ2) is 5.77. The molecule has 0 radical (unpaired) electrons. The Labute approximate surface area is 91.1 Å². The molecule has 0 aromatic carbocycles. The van der Waals surface area contributed by atoms with E-state index in [1.54, 1.807) is 0 Å². The van der Waals surface area contributed by atoms with Crippen molar-refractivity contribution in [2.24, 2.45) is 0 Å². The van der Waals surface area contributed by atoms with Crippen molar-refractivity contribution in [3.05, 3.63) is 25.3 Å². The first-order valence-corrected chi connectivity index (χ1v) is 5.37. The first kappa shape index (κ1) is 13.1. The standard InChI is InChI=1S/C8H10O4S2/c1-4-6(9)11-8(3,14-13)12-7(10)5-2/h4-5,13H,1-2H2,3H3. The summed E-state index contributed by atoms with van der Waals surface area (Å²) in [5.41, 5.74) is 0. The minimum Gasteiger partial charge on any atom is -0.409 e. The maximum Gasteiger partial charge on any atom is 0.334 e. The van der Waals surface area contributed by atoms with Crippen LogP contribution in [-0.4, -0.2) is 17.1 Å². The van der Waals surface area contributed by atoms with E-state index in [0.29, 0.717) is 0 Å². The van der Waals surface area contributed by atoms with Gasteiger partial charge in [-0.2, -0.15) is 0 Å². The molecule has 0 saturated heterocycles. The van der Waals surface area contributed by atoms with Crippen molar-refractivity contribution < 1.29 is 19.1 Å². The van der Waals surface area contributed by atoms with Gasteiger partial charge in [0.2, 0.25) is 0 Å². The summed E-state index contributed by atoms with van der Waals surface area (Å²) in [5, 5.41) is -1.47. The normalized spacial score (nSPS) is 10.1. The highest BCUT2D eigenvalue weighted by atomic mass is 33.1. The summed E-state index contributed by atoms with van der Waals surface area (Å²) in [6.07, 6.45) is 1.92. The van der Waals surface area contributed by atoms with E-state index in [1.807, 2.05) is 0 Å². The molecule has 4 nitrogen and oxygen atoms in total. The molecule has 78 valence electrons. The topological polar surface area (TPSA) is 52.6 Å². The lowest BCUT2D eigenvalue weighted by Gasteiger charge is -2.24. The monoisotopic (exact) mass is 234 g/mol. The molecule has 0 spiro atoms. The lowest BCUT2D eigenvalue weighted by atomic mass is 10.6. The number of ether oxygens (including phenoxy) is 2. The van der Waals surface area contributed by atoms with Crippen molar-refractivity contribution in [2.45, 2.75) is 12.0 Å². The molecule has 0 aromatic rings. The Bertz CT molecular complexity index is 240. The summed E-state index contributed by atoms with van der Waals surface area (Å²) in [6, 6.07) is 0. The Balaban J connectivity index is 4.45. The summed E-state index contributed by atoms with van der Waals surface area (Å²) in [4.78, 5) is 21.7. The summed E-state index contributed by atoms with van der Waals surface area (Å²) in [7, 11) is 0.772. The Morgan fingerprint density at radius 1 is 1.29 bits per heavy atom. The number of hydrogen-bond donors (Lipinski definition) is 1. The Morgan fingerprint density at radius 2 is 1.64 bits per heavy atom. The molecule has 0 atom stereocenters. The second-order valence-electron chi connectivity index (χ2n) is 2.20. The highest BCUT2D eigenvalue weighted by Gasteiger charge is 2.31. The summed E-state index contributed by atoms with van der Waals surface area (Å²) in [5.74, 6) is -1.41. The molecule has 0 bridgehead atoms. The van der Waals surface area contributed by atoms with Crippen LogP contribution in [0.15, 0.2) is 25.3 Å². The third-order valence-corrected chi connectivity index (χ3v) is 2.56. The first-order chi connectivity index (χ1) is 6.47. The highest BCUT2D eigenvalue weighted by molar-refractivity contribution is 8.69. The lowest BCUT2D eigenvalue weighted by molar-refractivity contribution is -0.186. The van der Waals surface area contributed by atoms with E-state index >= 15 is 0 Å². The largest absolute Gasteiger partial charge is 0.409 e. The molecule has 0 rings (SSSR count). The first-order valence-electron chi connectivity index (χ1n) is 3.51. The van der Waals surface area contributed by atoms with Crippen LogP contribution < -0.4 is 0 Å². The van der Waals surface area contributed by atoms with Crippen molar-refractivity contribution in [3.63, 3.8) is 0 Å². The van der Waals surface area contributed by atoms with E-state index in [4.69, 9.17) is 9.47 Å². The molecule has 0 unspecified atom stereocenters. The van der Waals surface area contributed by atoms with Gasteiger partial charge in [0.05, 0.1) is 0 Å². The molecule has 0 aliphatic rings. The third kappa shape index (κ3) is 4.38. The van der Waals surface area contributed by atoms with E-state index in [9.17, 15) is 9.59 Å². The van der Waals surface area contributed by atoms with Gasteiger partial charge >= 0.3 is 17.1 Å². The smallest absolute Gasteiger partial charge is 0.334 e. The third-order valence-electron chi connectivity index (χ3n) is 1.07. The number of carbonyl (C=O) groups is 2. The van der Waals surface area contributed by atoms with Gasteiger partial charge in [-0.3, -0.25) is 0 Å². The van der Waals surface area contributed by atoms with Crippen LogP contribution in [0.3, 0.4) is 0 Å². The van der Waals surface area contributed by atoms with Crippen LogP contribution in [0.5, 0.6) is 0 Å². The van der Waals surface area contributed by atoms with E-state index in [0.717, 1.165) is 22.9 Å². The predicted molar refractivity (Wildman–Crippen MR) is 57.6 cm³/mol. The SMILES string of the molecule is C=CC(=O)OC(C)(OC(=O)C=C)SS. The van der Waals surface area contributed by atoms with Gasteiger partial charge < -0.3 is 9.47 Å². The maximum absolute atomic E-state index is 10.9. The van der Waals surface area contributed by atoms with Gasteiger partial charge in [-0.25, -0.2) is 9.59 Å². The highest BCUT2D eigenvalue weighted by Crippen LogP contribution is 2.31. The quantitative estimate of drug-likeness (QED) is 0.258. The molecule has 0 aliphatic carbocycles. The molecular weight excluding hydrogens is 224 g/mol. The molecule has 6 heteroatoms. The molecule has 0 N–H and O–H groups in total. The molecular formula is C8H10O4S2. The van der Waals surface area contributed by atoms with Gasteiger partial charge in [-0.05, 0) is 10.8 Å². The lowest BCUT2D eigenvalue weighted by Crippen LogP contribution is -2.31. The maximum atomic E-state index is 10.9. The number of thiol groups is 1. The van der Waals surface area contributed by atoms with Crippen molar-refractivity contribution >= 4 is 34.4 Å². The van der Waals surface area contributed by atoms with Crippen molar-refractivity contribution in [3.8, 4) is 0 Å². The van der Waals surface area contributed by atoms with Gasteiger partial charge in [0, 0.05) is 19.1 Å². The molecule has 0 saturated carbocycles. The van der Waals surface area contributed by atoms with Crippen LogP contribution in [-0.2, 0) is 19.1 Å². The average Bonchev–Trinajstić information content (AvgIpc) is 2.17. The minimum atomic E-state index is -1.47. The molecule has 0 aliphatic heterocycles. The molecule has 0 heterocycles. The fourth-order valence-electron chi connectivity index (χ4n) is 0.507. The zero-order valence-electron chi connectivity index (χ0n) is 7.56. The second-order valence-corrected chi connectivity index (χ2v) is 3.68. The van der Waals surface area contributed by atoms with Gasteiger partial charge in [-0.15, -0.1) is 11.7 Å². The number of carbonyl (C=O) groups excluding carboxylic acids is 2. The number of hydrogen-bond acceptors (Lipinski definition) is 6. The summed E-state index contributed by atoms with van der Waals surface area (Å²) < 4.78 is 9.50. The minimum absolute atomic E-state index is 0.703. The van der Waals surface area contributed by atoms with Crippen LogP contribution in [0.25, 0.3) is 0 Å². The Morgan fingerprint density at radius 3 is 1.86 bits per heavy atom. The zero-order chi connectivity index (χ0) is 11.2. The van der Waals surface area contributed by atoms with Gasteiger partial charge in [0.1, 0.15) is 0 Å². The Kier molecular flexibility index (Phi) is 5.40. The predicted octanol–water partition coefficient (Wildman–Crippen LogP) is 1.70. The molecule has 0 amide bonds. The van der Waals surface area contributed by atoms with E-state index in [1.165, 1.54) is 6.92 Å². The van der Waals surface area contributed by atoms with E-state index in [2.05, 4.69) is 24.8 Å². The zero-order valence-corrected chi connectivity index (χ0v) is 9.27. The van der Waals surface area contributed by atoms with Gasteiger partial charge in [0.25, 0.3) is 0 Å². The summed E-state index contributed by atoms with van der Waals surface area (Å²) >= 11 is 3.82. The van der Waals surface area contributed by atoms with Gasteiger partial charge in [-0.1, -0.05) is 13.2 Å². The van der Waals surface area contributed by atoms with Crippen molar-refractivity contribution in [1.82, 2.24) is 0 Å². The van der Waals surface area contributed by atoms with Crippen LogP contribution >= 0.6 is 22.5 Å². The fourth-order valence-corrected chi connectivity index (χ4v) is 0.969. The van der Waals surface area contributed by atoms with Crippen LogP contribution in [0.2, 0.25) is 0 Å². The number of esters is 2. The van der Waals surface area contributed by atoms with Crippen molar-refractivity contribution in [2.75, 3.05) is 0 Å². The van der Waals surface area contributed by atoms with Gasteiger partial charge in [0.15, 0.2) is 0 Å². The van der Waals surface area contributed by atoms with E-state index < -0.39 is 17.1 Å². The number of rotatable bonds is 5. The van der Waals surface area contributed by atoms with Crippen LogP contribution in [0, 0.1) is 0 Å². The van der Waals surface area contributed by atoms with E-state index in [-0.39, 0.29) is 0 Å². The van der Waals surface area contributed by atoms with Crippen LogP contribution in [0.4, 0.5) is 0 Å². The molecule has 0 fully saturated rings. The summed E-state index contributed by atoms with van der Waals surface area (Å²) in [6.45, 7) is 7.80. The molecule has 14 heavy (non-hydrogen) atoms. The average molecular weight is 234 g/mol. The molecule has 0 aromatic heterocycles. The fraction of sp³-hybridized carbons (Fsp3) is 0.250.